The fourth-order valence-electron chi connectivity index (χ4n) is 3.03. The predicted octanol–water partition coefficient (Wildman–Crippen LogP) is 4.94. The van der Waals surface area contributed by atoms with Gasteiger partial charge < -0.3 is 10.2 Å². The molecule has 1 saturated carbocycles. The third kappa shape index (κ3) is 6.46. The van der Waals surface area contributed by atoms with Crippen LogP contribution in [0.15, 0.2) is 24.3 Å². The lowest BCUT2D eigenvalue weighted by Crippen LogP contribution is -2.28. The Bertz CT molecular complexity index is 358. The number of nitrogens with zero attached hydrogens (tertiary/aromatic N) is 1. The van der Waals surface area contributed by atoms with Crippen LogP contribution in [0, 0.1) is 0 Å². The van der Waals surface area contributed by atoms with Gasteiger partial charge in [-0.3, -0.25) is 0 Å². The summed E-state index contributed by atoms with van der Waals surface area (Å²) in [5.74, 6) is 0.824. The Morgan fingerprint density at radius 3 is 2.10 bits per heavy atom. The van der Waals surface area contributed by atoms with E-state index in [1.165, 1.54) is 36.9 Å². The Morgan fingerprint density at radius 2 is 1.57 bits per heavy atom. The molecule has 0 spiro atoms. The van der Waals surface area contributed by atoms with Crippen molar-refractivity contribution in [2.24, 2.45) is 0 Å². The molecule has 0 atom stereocenters. The van der Waals surface area contributed by atoms with E-state index in [9.17, 15) is 0 Å². The average Bonchev–Trinajstić information content (AvgIpc) is 2.98. The topological polar surface area (TPSA) is 15.3 Å². The molecular formula is C17H30Cl2N2. The molecule has 1 N–H and O–H groups in total. The fraction of sp³-hybridized carbons (Fsp3) is 0.647. The van der Waals surface area contributed by atoms with E-state index < -0.39 is 0 Å². The summed E-state index contributed by atoms with van der Waals surface area (Å²) >= 11 is 0. The predicted molar refractivity (Wildman–Crippen MR) is 98.4 cm³/mol. The molecule has 0 aliphatic heterocycles. The minimum absolute atomic E-state index is 0. The van der Waals surface area contributed by atoms with Gasteiger partial charge in [0.15, 0.2) is 0 Å². The molecule has 21 heavy (non-hydrogen) atoms. The number of hydrogen-bond donors (Lipinski definition) is 1. The van der Waals surface area contributed by atoms with Gasteiger partial charge in [0.1, 0.15) is 0 Å². The van der Waals surface area contributed by atoms with E-state index >= 15 is 0 Å². The second-order valence-electron chi connectivity index (χ2n) is 5.56. The fourth-order valence-corrected chi connectivity index (χ4v) is 3.03. The summed E-state index contributed by atoms with van der Waals surface area (Å²) in [6.07, 6.45) is 5.59. The number of benzene rings is 1. The monoisotopic (exact) mass is 332 g/mol. The van der Waals surface area contributed by atoms with E-state index in [0.29, 0.717) is 0 Å². The lowest BCUT2D eigenvalue weighted by molar-refractivity contribution is 0.316. The molecule has 1 aliphatic carbocycles. The standard InChI is InChI=1S/C17H28N2.2ClH/c1-3-19(4-2)14-13-18-17-11-9-16(10-12-17)15-7-5-6-8-15;;/h9-12,15,18H,3-8,13-14H2,1-2H3;2*1H. The summed E-state index contributed by atoms with van der Waals surface area (Å²) in [4.78, 5) is 2.44. The van der Waals surface area contributed by atoms with Crippen molar-refractivity contribution in [3.63, 3.8) is 0 Å². The quantitative estimate of drug-likeness (QED) is 0.760. The highest BCUT2D eigenvalue weighted by Crippen LogP contribution is 2.34. The van der Waals surface area contributed by atoms with Crippen LogP contribution in [-0.2, 0) is 0 Å². The third-order valence-electron chi connectivity index (χ3n) is 4.39. The molecule has 1 aliphatic rings. The van der Waals surface area contributed by atoms with Crippen LogP contribution in [0.1, 0.15) is 51.0 Å². The molecule has 0 radical (unpaired) electrons. The van der Waals surface area contributed by atoms with Gasteiger partial charge in [-0.1, -0.05) is 38.8 Å². The van der Waals surface area contributed by atoms with E-state index in [-0.39, 0.29) is 24.8 Å². The average molecular weight is 333 g/mol. The van der Waals surface area contributed by atoms with Crippen LogP contribution in [0.25, 0.3) is 0 Å². The van der Waals surface area contributed by atoms with Crippen LogP contribution in [0.4, 0.5) is 5.69 Å². The van der Waals surface area contributed by atoms with Gasteiger partial charge in [0.2, 0.25) is 0 Å². The van der Waals surface area contributed by atoms with Crippen molar-refractivity contribution in [1.29, 1.82) is 0 Å². The lowest BCUT2D eigenvalue weighted by atomic mass is 9.98. The SMILES string of the molecule is CCN(CC)CCNc1ccc(C2CCCC2)cc1.Cl.Cl. The largest absolute Gasteiger partial charge is 0.384 e. The highest BCUT2D eigenvalue weighted by atomic mass is 35.5. The Hall–Kier alpha value is -0.440. The third-order valence-corrected chi connectivity index (χ3v) is 4.39. The summed E-state index contributed by atoms with van der Waals surface area (Å²) in [5, 5.41) is 3.52. The van der Waals surface area contributed by atoms with Crippen LogP contribution >= 0.6 is 24.8 Å². The molecule has 122 valence electrons. The molecule has 0 heterocycles. The van der Waals surface area contributed by atoms with Crippen molar-refractivity contribution in [3.05, 3.63) is 29.8 Å². The first kappa shape index (κ1) is 20.6. The molecular weight excluding hydrogens is 303 g/mol. The van der Waals surface area contributed by atoms with E-state index in [2.05, 4.69) is 48.3 Å². The Labute approximate surface area is 142 Å². The zero-order valence-corrected chi connectivity index (χ0v) is 14.9. The molecule has 0 unspecified atom stereocenters. The van der Waals surface area contributed by atoms with Crippen LogP contribution in [0.3, 0.4) is 0 Å². The summed E-state index contributed by atoms with van der Waals surface area (Å²) in [5.41, 5.74) is 2.79. The van der Waals surface area contributed by atoms with E-state index in [0.717, 1.165) is 32.1 Å². The second kappa shape index (κ2) is 11.2. The highest BCUT2D eigenvalue weighted by molar-refractivity contribution is 5.85. The molecule has 0 aromatic heterocycles. The molecule has 0 bridgehead atoms. The molecule has 4 heteroatoms. The molecule has 2 nitrogen and oxygen atoms in total. The lowest BCUT2D eigenvalue weighted by Gasteiger charge is -2.18. The highest BCUT2D eigenvalue weighted by Gasteiger charge is 2.16. The Balaban J connectivity index is 0.00000200. The van der Waals surface area contributed by atoms with Gasteiger partial charge in [0.05, 0.1) is 0 Å². The maximum atomic E-state index is 3.52. The van der Waals surface area contributed by atoms with Gasteiger partial charge in [-0.2, -0.15) is 0 Å². The molecule has 1 aromatic carbocycles. The zero-order chi connectivity index (χ0) is 13.5. The van der Waals surface area contributed by atoms with Crippen LogP contribution in [-0.4, -0.2) is 31.1 Å². The number of hydrogen-bond acceptors (Lipinski definition) is 2. The van der Waals surface area contributed by atoms with Crippen molar-refractivity contribution >= 4 is 30.5 Å². The zero-order valence-electron chi connectivity index (χ0n) is 13.3. The van der Waals surface area contributed by atoms with Crippen molar-refractivity contribution in [1.82, 2.24) is 4.90 Å². The van der Waals surface area contributed by atoms with Crippen molar-refractivity contribution in [2.75, 3.05) is 31.5 Å². The minimum atomic E-state index is 0. The summed E-state index contributed by atoms with van der Waals surface area (Å²) in [6, 6.07) is 9.12. The normalized spacial score (nSPS) is 14.6. The molecule has 1 aromatic rings. The summed E-state index contributed by atoms with van der Waals surface area (Å²) in [7, 11) is 0. The minimum Gasteiger partial charge on any atom is -0.384 e. The number of likely N-dealkylation sites (N-methyl/N-ethyl adjacent to an activating group) is 1. The molecule has 2 rings (SSSR count). The first-order valence-corrected chi connectivity index (χ1v) is 7.89. The molecule has 0 amide bonds. The first-order chi connectivity index (χ1) is 9.33. The van der Waals surface area contributed by atoms with Gasteiger partial charge in [0, 0.05) is 18.8 Å². The van der Waals surface area contributed by atoms with Crippen LogP contribution < -0.4 is 5.32 Å². The second-order valence-corrected chi connectivity index (χ2v) is 5.56. The smallest absolute Gasteiger partial charge is 0.0340 e. The van der Waals surface area contributed by atoms with Gasteiger partial charge >= 0.3 is 0 Å². The molecule has 1 fully saturated rings. The number of rotatable bonds is 7. The van der Waals surface area contributed by atoms with Crippen molar-refractivity contribution in [2.45, 2.75) is 45.4 Å². The number of halogens is 2. The molecule has 0 saturated heterocycles. The summed E-state index contributed by atoms with van der Waals surface area (Å²) in [6.45, 7) is 8.87. The van der Waals surface area contributed by atoms with E-state index in [1.54, 1.807) is 0 Å². The van der Waals surface area contributed by atoms with E-state index in [1.807, 2.05) is 0 Å². The van der Waals surface area contributed by atoms with E-state index in [4.69, 9.17) is 0 Å². The Morgan fingerprint density at radius 1 is 1.00 bits per heavy atom. The van der Waals surface area contributed by atoms with Gasteiger partial charge in [-0.15, -0.1) is 24.8 Å². The van der Waals surface area contributed by atoms with Crippen LogP contribution in [0.5, 0.6) is 0 Å². The Kier molecular flexibility index (Phi) is 10.9. The van der Waals surface area contributed by atoms with Gasteiger partial charge in [0.25, 0.3) is 0 Å². The number of anilines is 1. The van der Waals surface area contributed by atoms with Gasteiger partial charge in [-0.05, 0) is 49.5 Å². The summed E-state index contributed by atoms with van der Waals surface area (Å²) < 4.78 is 0. The number of nitrogens with one attached hydrogen (secondary N) is 1. The first-order valence-electron chi connectivity index (χ1n) is 7.89. The maximum absolute atomic E-state index is 3.52. The van der Waals surface area contributed by atoms with Crippen molar-refractivity contribution in [3.8, 4) is 0 Å². The van der Waals surface area contributed by atoms with Crippen LogP contribution in [0.2, 0.25) is 0 Å². The maximum Gasteiger partial charge on any atom is 0.0340 e. The van der Waals surface area contributed by atoms with Crippen molar-refractivity contribution < 1.29 is 0 Å². The van der Waals surface area contributed by atoms with Gasteiger partial charge in [-0.25, -0.2) is 0 Å².